The second-order valence-corrected chi connectivity index (χ2v) is 18.7. The van der Waals surface area contributed by atoms with Crippen LogP contribution in [-0.4, -0.2) is 19.1 Å². The third-order valence-electron chi connectivity index (χ3n) is 8.09. The van der Waals surface area contributed by atoms with E-state index in [1.807, 2.05) is 19.1 Å². The van der Waals surface area contributed by atoms with Crippen molar-refractivity contribution in [1.82, 2.24) is 0 Å². The summed E-state index contributed by atoms with van der Waals surface area (Å²) in [6.07, 6.45) is 6.44. The lowest BCUT2D eigenvalue weighted by Crippen LogP contribution is -2.25. The van der Waals surface area contributed by atoms with E-state index in [0.717, 1.165) is 17.5 Å². The molecule has 1 aliphatic carbocycles. The molecule has 1 N–H and O–H groups in total. The minimum atomic E-state index is -1.76. The van der Waals surface area contributed by atoms with Gasteiger partial charge in [0.05, 0.1) is 13.6 Å². The second-order valence-electron chi connectivity index (χ2n) is 13.7. The lowest BCUT2D eigenvalue weighted by atomic mass is 9.71. The van der Waals surface area contributed by atoms with Gasteiger partial charge in [-0.1, -0.05) is 127 Å². The van der Waals surface area contributed by atoms with Gasteiger partial charge in [-0.05, 0) is 80.3 Å². The lowest BCUT2D eigenvalue weighted by molar-refractivity contribution is 0.0695. The zero-order valence-electron chi connectivity index (χ0n) is 25.2. The van der Waals surface area contributed by atoms with Gasteiger partial charge in [-0.2, -0.15) is 0 Å². The molecule has 0 radical (unpaired) electrons. The van der Waals surface area contributed by atoms with Crippen molar-refractivity contribution in [3.05, 3.63) is 111 Å². The molecule has 0 saturated heterocycles. The summed E-state index contributed by atoms with van der Waals surface area (Å²) in [5, 5.41) is 11.0. The molecule has 0 fully saturated rings. The van der Waals surface area contributed by atoms with E-state index in [1.165, 1.54) is 38.6 Å². The van der Waals surface area contributed by atoms with E-state index >= 15 is 0 Å². The third-order valence-corrected chi connectivity index (χ3v) is 10.1. The number of allylic oxidation sites excluding steroid dienone is 1. The summed E-state index contributed by atoms with van der Waals surface area (Å²) in [6, 6.07) is 21.9. The highest BCUT2D eigenvalue weighted by Crippen LogP contribution is 2.43. The maximum atomic E-state index is 11.7. The first-order chi connectivity index (χ1) is 18.1. The van der Waals surface area contributed by atoms with E-state index in [1.54, 1.807) is 6.07 Å². The third kappa shape index (κ3) is 6.04. The molecule has 0 aliphatic heterocycles. The van der Waals surface area contributed by atoms with Crippen LogP contribution in [0.15, 0.2) is 66.7 Å². The maximum absolute atomic E-state index is 11.7. The van der Waals surface area contributed by atoms with E-state index < -0.39 is 14.0 Å². The highest BCUT2D eigenvalue weighted by atomic mass is 28.3. The number of carboxylic acids is 1. The van der Waals surface area contributed by atoms with Crippen molar-refractivity contribution < 1.29 is 9.90 Å². The SMILES string of the molecule is CCc1cc(C=C(c2ccc3c(c2)C(c2ccc(C(C)(C)C)cc2)=CCC3(C)C)[Si](C)(C)C)ccc1C(=O)O. The minimum absolute atomic E-state index is 0.0778. The molecule has 4 rings (SSSR count). The van der Waals surface area contributed by atoms with Crippen LogP contribution in [0.4, 0.5) is 0 Å². The number of fused-ring (bicyclic) bond motifs is 1. The summed E-state index contributed by atoms with van der Waals surface area (Å²) in [4.78, 5) is 11.7. The fraction of sp³-hybridized carbons (Fsp3) is 0.361. The molecule has 0 spiro atoms. The van der Waals surface area contributed by atoms with Gasteiger partial charge in [0.2, 0.25) is 0 Å². The van der Waals surface area contributed by atoms with E-state index in [-0.39, 0.29) is 10.8 Å². The summed E-state index contributed by atoms with van der Waals surface area (Å²) in [5.74, 6) is -0.861. The Balaban J connectivity index is 1.85. The fourth-order valence-corrected chi connectivity index (χ4v) is 7.25. The molecule has 1 aliphatic rings. The zero-order chi connectivity index (χ0) is 28.8. The highest BCUT2D eigenvalue weighted by molar-refractivity contribution is 6.94. The largest absolute Gasteiger partial charge is 0.478 e. The van der Waals surface area contributed by atoms with E-state index in [4.69, 9.17) is 0 Å². The molecule has 0 amide bonds. The van der Waals surface area contributed by atoms with Crippen LogP contribution in [0.1, 0.15) is 97.3 Å². The number of aromatic carboxylic acids is 1. The van der Waals surface area contributed by atoms with Gasteiger partial charge in [-0.15, -0.1) is 0 Å². The Morgan fingerprint density at radius 2 is 1.64 bits per heavy atom. The normalized spacial score (nSPS) is 15.5. The summed E-state index contributed by atoms with van der Waals surface area (Å²) < 4.78 is 0. The van der Waals surface area contributed by atoms with Gasteiger partial charge in [-0.25, -0.2) is 4.79 Å². The number of aryl methyl sites for hydroxylation is 1. The minimum Gasteiger partial charge on any atom is -0.478 e. The van der Waals surface area contributed by atoms with Crippen molar-refractivity contribution in [2.45, 2.75) is 84.9 Å². The Labute approximate surface area is 236 Å². The first-order valence-corrected chi connectivity index (χ1v) is 17.7. The zero-order valence-corrected chi connectivity index (χ0v) is 26.2. The summed E-state index contributed by atoms with van der Waals surface area (Å²) in [7, 11) is -1.76. The van der Waals surface area contributed by atoms with Crippen LogP contribution in [0.3, 0.4) is 0 Å². The van der Waals surface area contributed by atoms with E-state index in [2.05, 4.69) is 109 Å². The van der Waals surface area contributed by atoms with Crippen molar-refractivity contribution >= 4 is 30.9 Å². The van der Waals surface area contributed by atoms with Crippen LogP contribution in [0.25, 0.3) is 16.8 Å². The number of carbonyl (C=O) groups is 1. The van der Waals surface area contributed by atoms with Gasteiger partial charge in [0.1, 0.15) is 0 Å². The van der Waals surface area contributed by atoms with Crippen molar-refractivity contribution in [2.24, 2.45) is 0 Å². The number of benzene rings is 3. The van der Waals surface area contributed by atoms with Crippen molar-refractivity contribution in [2.75, 3.05) is 0 Å². The fourth-order valence-electron chi connectivity index (χ4n) is 5.63. The molecular formula is C36H44O2Si. The van der Waals surface area contributed by atoms with Crippen molar-refractivity contribution in [3.63, 3.8) is 0 Å². The van der Waals surface area contributed by atoms with Gasteiger partial charge < -0.3 is 5.11 Å². The van der Waals surface area contributed by atoms with E-state index in [9.17, 15) is 9.90 Å². The van der Waals surface area contributed by atoms with Gasteiger partial charge >= 0.3 is 5.97 Å². The molecule has 0 aromatic heterocycles. The topological polar surface area (TPSA) is 37.3 Å². The van der Waals surface area contributed by atoms with Gasteiger partial charge in [0.15, 0.2) is 0 Å². The lowest BCUT2D eigenvalue weighted by Gasteiger charge is -2.33. The van der Waals surface area contributed by atoms with Gasteiger partial charge in [0.25, 0.3) is 0 Å². The maximum Gasteiger partial charge on any atom is 0.335 e. The molecule has 204 valence electrons. The van der Waals surface area contributed by atoms with Crippen LogP contribution in [0, 0.1) is 0 Å². The average Bonchev–Trinajstić information content (AvgIpc) is 2.85. The van der Waals surface area contributed by atoms with Crippen molar-refractivity contribution in [1.29, 1.82) is 0 Å². The van der Waals surface area contributed by atoms with Gasteiger partial charge in [0, 0.05) is 0 Å². The molecule has 0 atom stereocenters. The number of carboxylic acid groups (broad SMARTS) is 1. The number of rotatable bonds is 6. The van der Waals surface area contributed by atoms with Crippen molar-refractivity contribution in [3.8, 4) is 0 Å². The molecule has 39 heavy (non-hydrogen) atoms. The Kier molecular flexibility index (Phi) is 7.71. The number of hydrogen-bond acceptors (Lipinski definition) is 1. The molecule has 0 saturated carbocycles. The summed E-state index contributed by atoms with van der Waals surface area (Å²) in [6.45, 7) is 20.6. The molecule has 3 aromatic rings. The summed E-state index contributed by atoms with van der Waals surface area (Å²) >= 11 is 0. The Hall–Kier alpha value is -3.17. The molecule has 3 aromatic carbocycles. The molecule has 2 nitrogen and oxygen atoms in total. The van der Waals surface area contributed by atoms with Crippen LogP contribution in [-0.2, 0) is 17.3 Å². The van der Waals surface area contributed by atoms with E-state index in [0.29, 0.717) is 12.0 Å². The molecule has 0 unspecified atom stereocenters. The predicted octanol–water partition coefficient (Wildman–Crippen LogP) is 9.78. The monoisotopic (exact) mass is 536 g/mol. The molecule has 0 bridgehead atoms. The second kappa shape index (κ2) is 10.4. The van der Waals surface area contributed by atoms with Crippen LogP contribution in [0.5, 0.6) is 0 Å². The average molecular weight is 537 g/mol. The van der Waals surface area contributed by atoms with Crippen LogP contribution in [0.2, 0.25) is 19.6 Å². The number of hydrogen-bond donors (Lipinski definition) is 1. The predicted molar refractivity (Wildman–Crippen MR) is 170 cm³/mol. The first-order valence-electron chi connectivity index (χ1n) is 14.2. The standard InChI is InChI=1S/C36H44O2Si/c1-10-25-21-24(11-17-30(25)34(37)38)22-33(39(7,8)9)27-14-18-32-31(23-27)29(19-20-36(32,5)6)26-12-15-28(16-13-26)35(2,3)4/h11-19,21-23H,10,20H2,1-9H3,(H,37,38). The quantitative estimate of drug-likeness (QED) is 0.251. The Morgan fingerprint density at radius 1 is 0.974 bits per heavy atom. The Morgan fingerprint density at radius 3 is 2.21 bits per heavy atom. The highest BCUT2D eigenvalue weighted by Gasteiger charge is 2.30. The first kappa shape index (κ1) is 28.8. The Bertz CT molecular complexity index is 1460. The molecular weight excluding hydrogens is 492 g/mol. The summed E-state index contributed by atoms with van der Waals surface area (Å²) in [5.41, 5.74) is 10.5. The van der Waals surface area contributed by atoms with Crippen LogP contribution >= 0.6 is 0 Å². The van der Waals surface area contributed by atoms with Gasteiger partial charge in [-0.3, -0.25) is 0 Å². The smallest absolute Gasteiger partial charge is 0.335 e. The molecule has 0 heterocycles. The molecule has 3 heteroatoms. The van der Waals surface area contributed by atoms with Crippen LogP contribution < -0.4 is 0 Å².